The van der Waals surface area contributed by atoms with Crippen molar-refractivity contribution < 1.29 is 0 Å². The fraction of sp³-hybridized carbons (Fsp3) is 0.833. The van der Waals surface area contributed by atoms with Crippen molar-refractivity contribution in [2.24, 2.45) is 0 Å². The van der Waals surface area contributed by atoms with E-state index >= 15 is 0 Å². The lowest BCUT2D eigenvalue weighted by Gasteiger charge is -2.33. The predicted molar refractivity (Wildman–Crippen MR) is 57.6 cm³/mol. The third kappa shape index (κ3) is 3.40. The zero-order valence-corrected chi connectivity index (χ0v) is 8.76. The lowest BCUT2D eigenvalue weighted by molar-refractivity contribution is 0.167. The van der Waals surface area contributed by atoms with Gasteiger partial charge in [-0.3, -0.25) is 4.90 Å². The van der Waals surface area contributed by atoms with E-state index in [2.05, 4.69) is 17.7 Å². The molecule has 0 N–H and O–H groups in total. The molecule has 1 saturated carbocycles. The van der Waals surface area contributed by atoms with Gasteiger partial charge in [0.1, 0.15) is 0 Å². The lowest BCUT2D eigenvalue weighted by atomic mass is 9.94. The molecule has 0 amide bonds. The highest BCUT2D eigenvalue weighted by Gasteiger charge is 2.18. The minimum Gasteiger partial charge on any atom is -0.300 e. The highest BCUT2D eigenvalue weighted by atomic mass is 15.1. The smallest absolute Gasteiger partial charge is 0.0214 e. The second-order valence-corrected chi connectivity index (χ2v) is 3.87. The topological polar surface area (TPSA) is 3.24 Å². The molecule has 1 aliphatic rings. The molecule has 0 saturated heterocycles. The quantitative estimate of drug-likeness (QED) is 0.600. The number of terminal acetylenes is 1. The summed E-state index contributed by atoms with van der Waals surface area (Å²) in [6, 6.07) is 0.826. The Morgan fingerprint density at radius 2 is 2.00 bits per heavy atom. The van der Waals surface area contributed by atoms with Crippen LogP contribution in [0.1, 0.15) is 45.4 Å². The Hall–Kier alpha value is -0.480. The van der Waals surface area contributed by atoms with Crippen LogP contribution in [0.4, 0.5) is 0 Å². The molecule has 0 radical (unpaired) electrons. The van der Waals surface area contributed by atoms with E-state index < -0.39 is 0 Å². The SMILES string of the molecule is C#CCCN(CC)C1CCCCC1. The van der Waals surface area contributed by atoms with Crippen LogP contribution in [0.5, 0.6) is 0 Å². The van der Waals surface area contributed by atoms with E-state index in [4.69, 9.17) is 6.42 Å². The molecular formula is C12H21N. The van der Waals surface area contributed by atoms with Crippen molar-refractivity contribution >= 4 is 0 Å². The second kappa shape index (κ2) is 6.05. The van der Waals surface area contributed by atoms with Crippen molar-refractivity contribution in [2.75, 3.05) is 13.1 Å². The lowest BCUT2D eigenvalue weighted by Crippen LogP contribution is -2.37. The van der Waals surface area contributed by atoms with Crippen LogP contribution >= 0.6 is 0 Å². The first-order chi connectivity index (χ1) is 6.38. The van der Waals surface area contributed by atoms with Crippen LogP contribution in [0.3, 0.4) is 0 Å². The molecule has 0 aromatic rings. The minimum absolute atomic E-state index is 0.826. The molecule has 13 heavy (non-hydrogen) atoms. The molecule has 0 atom stereocenters. The van der Waals surface area contributed by atoms with Gasteiger partial charge in [-0.25, -0.2) is 0 Å². The molecule has 0 aromatic carbocycles. The Balaban J connectivity index is 2.31. The molecule has 0 aromatic heterocycles. The third-order valence-electron chi connectivity index (χ3n) is 3.04. The van der Waals surface area contributed by atoms with Gasteiger partial charge in [-0.1, -0.05) is 26.2 Å². The molecule has 1 aliphatic carbocycles. The Morgan fingerprint density at radius 3 is 2.54 bits per heavy atom. The summed E-state index contributed by atoms with van der Waals surface area (Å²) >= 11 is 0. The molecule has 74 valence electrons. The second-order valence-electron chi connectivity index (χ2n) is 3.87. The highest BCUT2D eigenvalue weighted by molar-refractivity contribution is 4.86. The van der Waals surface area contributed by atoms with Crippen LogP contribution in [-0.4, -0.2) is 24.0 Å². The summed E-state index contributed by atoms with van der Waals surface area (Å²) < 4.78 is 0. The minimum atomic E-state index is 0.826. The molecule has 0 aliphatic heterocycles. The molecule has 1 fully saturated rings. The Morgan fingerprint density at radius 1 is 1.31 bits per heavy atom. The van der Waals surface area contributed by atoms with Crippen molar-refractivity contribution in [3.8, 4) is 12.3 Å². The zero-order valence-electron chi connectivity index (χ0n) is 8.76. The maximum atomic E-state index is 5.28. The molecule has 1 heteroatoms. The monoisotopic (exact) mass is 179 g/mol. The van der Waals surface area contributed by atoms with Gasteiger partial charge >= 0.3 is 0 Å². The van der Waals surface area contributed by atoms with Crippen molar-refractivity contribution in [1.82, 2.24) is 4.90 Å². The first-order valence-corrected chi connectivity index (χ1v) is 5.56. The van der Waals surface area contributed by atoms with E-state index in [0.29, 0.717) is 0 Å². The number of hydrogen-bond donors (Lipinski definition) is 0. The van der Waals surface area contributed by atoms with E-state index in [-0.39, 0.29) is 0 Å². The van der Waals surface area contributed by atoms with E-state index in [1.54, 1.807) is 0 Å². The normalized spacial score (nSPS) is 18.8. The summed E-state index contributed by atoms with van der Waals surface area (Å²) in [5, 5.41) is 0. The van der Waals surface area contributed by atoms with Crippen LogP contribution in [-0.2, 0) is 0 Å². The maximum absolute atomic E-state index is 5.28. The molecule has 0 spiro atoms. The van der Waals surface area contributed by atoms with Crippen LogP contribution in [0.15, 0.2) is 0 Å². The highest BCUT2D eigenvalue weighted by Crippen LogP contribution is 2.22. The van der Waals surface area contributed by atoms with Gasteiger partial charge < -0.3 is 0 Å². The van der Waals surface area contributed by atoms with Gasteiger partial charge in [-0.2, -0.15) is 0 Å². The summed E-state index contributed by atoms with van der Waals surface area (Å²) in [5.74, 6) is 2.73. The van der Waals surface area contributed by atoms with Crippen molar-refractivity contribution in [3.05, 3.63) is 0 Å². The molecule has 1 rings (SSSR count). The number of hydrogen-bond acceptors (Lipinski definition) is 1. The Bertz CT molecular complexity index is 162. The average molecular weight is 179 g/mol. The molecule has 0 bridgehead atoms. The standard InChI is InChI=1S/C12H21N/c1-3-5-11-13(4-2)12-9-7-6-8-10-12/h1,12H,4-11H2,2H3. The summed E-state index contributed by atoms with van der Waals surface area (Å²) in [4.78, 5) is 2.55. The van der Waals surface area contributed by atoms with Crippen molar-refractivity contribution in [3.63, 3.8) is 0 Å². The van der Waals surface area contributed by atoms with Gasteiger partial charge in [0.2, 0.25) is 0 Å². The van der Waals surface area contributed by atoms with E-state index in [1.807, 2.05) is 0 Å². The Kier molecular flexibility index (Phi) is 4.93. The Labute approximate surface area is 82.5 Å². The van der Waals surface area contributed by atoms with Gasteiger partial charge in [-0.05, 0) is 19.4 Å². The van der Waals surface area contributed by atoms with Crippen LogP contribution < -0.4 is 0 Å². The molecule has 0 unspecified atom stereocenters. The first-order valence-electron chi connectivity index (χ1n) is 5.56. The largest absolute Gasteiger partial charge is 0.300 e. The summed E-state index contributed by atoms with van der Waals surface area (Å²) in [6.07, 6.45) is 13.2. The average Bonchev–Trinajstić information content (AvgIpc) is 2.21. The van der Waals surface area contributed by atoms with Gasteiger partial charge in [0.15, 0.2) is 0 Å². The van der Waals surface area contributed by atoms with Gasteiger partial charge in [0, 0.05) is 19.0 Å². The molecule has 1 nitrogen and oxygen atoms in total. The summed E-state index contributed by atoms with van der Waals surface area (Å²) in [7, 11) is 0. The number of nitrogens with zero attached hydrogens (tertiary/aromatic N) is 1. The zero-order chi connectivity index (χ0) is 9.52. The third-order valence-corrected chi connectivity index (χ3v) is 3.04. The van der Waals surface area contributed by atoms with Crippen molar-refractivity contribution in [2.45, 2.75) is 51.5 Å². The fourth-order valence-electron chi connectivity index (χ4n) is 2.25. The summed E-state index contributed by atoms with van der Waals surface area (Å²) in [6.45, 7) is 4.50. The van der Waals surface area contributed by atoms with Gasteiger partial charge in [0.05, 0.1) is 0 Å². The fourth-order valence-corrected chi connectivity index (χ4v) is 2.25. The summed E-state index contributed by atoms with van der Waals surface area (Å²) in [5.41, 5.74) is 0. The van der Waals surface area contributed by atoms with Gasteiger partial charge in [0.25, 0.3) is 0 Å². The first kappa shape index (κ1) is 10.6. The van der Waals surface area contributed by atoms with Crippen LogP contribution in [0, 0.1) is 12.3 Å². The van der Waals surface area contributed by atoms with Crippen molar-refractivity contribution in [1.29, 1.82) is 0 Å². The van der Waals surface area contributed by atoms with E-state index in [0.717, 1.165) is 25.6 Å². The van der Waals surface area contributed by atoms with Crippen LogP contribution in [0.25, 0.3) is 0 Å². The van der Waals surface area contributed by atoms with E-state index in [9.17, 15) is 0 Å². The predicted octanol–water partition coefficient (Wildman–Crippen LogP) is 2.66. The molecule has 0 heterocycles. The van der Waals surface area contributed by atoms with E-state index in [1.165, 1.54) is 32.1 Å². The van der Waals surface area contributed by atoms with Gasteiger partial charge in [-0.15, -0.1) is 12.3 Å². The molecular weight excluding hydrogens is 158 g/mol. The van der Waals surface area contributed by atoms with Crippen LogP contribution in [0.2, 0.25) is 0 Å². The maximum Gasteiger partial charge on any atom is 0.0214 e. The number of rotatable bonds is 4.